The lowest BCUT2D eigenvalue weighted by molar-refractivity contribution is 0.736. The molecule has 1 aromatic heterocycles. The summed E-state index contributed by atoms with van der Waals surface area (Å²) in [5.74, 6) is 1.67. The summed E-state index contributed by atoms with van der Waals surface area (Å²) in [5, 5.41) is 0. The molecule has 0 saturated carbocycles. The van der Waals surface area contributed by atoms with Crippen LogP contribution in [0.15, 0.2) is 67.0 Å². The molecule has 1 nitrogen and oxygen atoms in total. The van der Waals surface area contributed by atoms with Gasteiger partial charge in [-0.15, -0.1) is 0 Å². The molecule has 0 aliphatic heterocycles. The molecule has 0 fully saturated rings. The first kappa shape index (κ1) is 20.7. The highest BCUT2D eigenvalue weighted by atomic mass is 14.6. The van der Waals surface area contributed by atoms with E-state index in [1.807, 2.05) is 54.6 Å². The van der Waals surface area contributed by atoms with Gasteiger partial charge in [-0.3, -0.25) is 4.98 Å². The lowest BCUT2D eigenvalue weighted by atomic mass is 10.3. The van der Waals surface area contributed by atoms with Gasteiger partial charge in [0.1, 0.15) is 0 Å². The molecule has 2 aromatic rings. The van der Waals surface area contributed by atoms with Crippen LogP contribution in [0.4, 0.5) is 0 Å². The zero-order chi connectivity index (χ0) is 15.6. The minimum absolute atomic E-state index is 0.833. The minimum Gasteiger partial charge on any atom is -0.265 e. The molecule has 0 unspecified atom stereocenters. The lowest BCUT2D eigenvalue weighted by Crippen LogP contribution is -1.66. The molecule has 0 aliphatic rings. The lowest BCUT2D eigenvalue weighted by Gasteiger charge is -1.79. The number of hydrogen-bond acceptors (Lipinski definition) is 1. The second-order valence-corrected chi connectivity index (χ2v) is 5.64. The summed E-state index contributed by atoms with van der Waals surface area (Å²) >= 11 is 0. The van der Waals surface area contributed by atoms with Crippen molar-refractivity contribution in [2.75, 3.05) is 0 Å². The average molecular weight is 273 g/mol. The molecule has 0 saturated heterocycles. The number of aromatic nitrogens is 1. The first-order valence-electron chi connectivity index (χ1n) is 7.31. The maximum atomic E-state index is 3.78. The maximum absolute atomic E-state index is 3.78. The van der Waals surface area contributed by atoms with Gasteiger partial charge in [0.15, 0.2) is 0 Å². The smallest absolute Gasteiger partial charge is 0.0267 e. The van der Waals surface area contributed by atoms with E-state index >= 15 is 0 Å². The highest BCUT2D eigenvalue weighted by Crippen LogP contribution is 1.81. The predicted octanol–water partition coefficient (Wildman–Crippen LogP) is 6.09. The Morgan fingerprint density at radius 2 is 0.650 bits per heavy atom. The normalized spacial score (nSPS) is 8.40. The molecule has 20 heavy (non-hydrogen) atoms. The topological polar surface area (TPSA) is 12.9 Å². The molecule has 0 spiro atoms. The zero-order valence-corrected chi connectivity index (χ0v) is 14.0. The van der Waals surface area contributed by atoms with Crippen LogP contribution >= 0.6 is 0 Å². The molecule has 0 atom stereocenters. The Bertz CT molecular complexity index is 244. The molecule has 1 heteroatoms. The van der Waals surface area contributed by atoms with E-state index < -0.39 is 0 Å². The quantitative estimate of drug-likeness (QED) is 0.565. The van der Waals surface area contributed by atoms with Gasteiger partial charge < -0.3 is 0 Å². The van der Waals surface area contributed by atoms with E-state index in [4.69, 9.17) is 0 Å². The second kappa shape index (κ2) is 17.4. The summed E-state index contributed by atoms with van der Waals surface area (Å²) in [6, 6.07) is 17.7. The van der Waals surface area contributed by atoms with E-state index in [2.05, 4.69) is 46.5 Å². The van der Waals surface area contributed by atoms with Gasteiger partial charge in [0, 0.05) is 12.4 Å². The van der Waals surface area contributed by atoms with E-state index in [1.165, 1.54) is 0 Å². The minimum atomic E-state index is 0.833. The van der Waals surface area contributed by atoms with Crippen LogP contribution in [0.3, 0.4) is 0 Å². The summed E-state index contributed by atoms with van der Waals surface area (Å²) in [6.45, 7) is 13.0. The standard InChI is InChI=1S/C6H6.C5H5N.2C4H10/c2*1-2-4-6-5-3-1;2*1-4(2)3/h1-6H;1-5H;2*4H,1-3H3. The van der Waals surface area contributed by atoms with Gasteiger partial charge in [0.25, 0.3) is 0 Å². The van der Waals surface area contributed by atoms with Crippen molar-refractivity contribution in [3.8, 4) is 0 Å². The summed E-state index contributed by atoms with van der Waals surface area (Å²) in [6.07, 6.45) is 3.50. The van der Waals surface area contributed by atoms with Crippen LogP contribution in [0.25, 0.3) is 0 Å². The third-order valence-corrected chi connectivity index (χ3v) is 1.23. The molecule has 1 aromatic carbocycles. The SMILES string of the molecule is CC(C)C.CC(C)C.c1ccccc1.c1ccncc1. The molecule has 112 valence electrons. The van der Waals surface area contributed by atoms with Crippen molar-refractivity contribution < 1.29 is 0 Å². The third-order valence-electron chi connectivity index (χ3n) is 1.23. The molecule has 0 aliphatic carbocycles. The van der Waals surface area contributed by atoms with E-state index in [0.717, 1.165) is 11.8 Å². The Hall–Kier alpha value is -1.63. The monoisotopic (exact) mass is 273 g/mol. The molecular weight excluding hydrogens is 242 g/mol. The molecule has 0 amide bonds. The number of hydrogen-bond donors (Lipinski definition) is 0. The van der Waals surface area contributed by atoms with Crippen molar-refractivity contribution in [3.05, 3.63) is 67.0 Å². The second-order valence-electron chi connectivity index (χ2n) is 5.64. The van der Waals surface area contributed by atoms with Crippen molar-refractivity contribution in [1.82, 2.24) is 4.98 Å². The number of pyridine rings is 1. The first-order chi connectivity index (χ1) is 9.46. The maximum Gasteiger partial charge on any atom is 0.0267 e. The van der Waals surface area contributed by atoms with Crippen molar-refractivity contribution >= 4 is 0 Å². The number of nitrogens with zero attached hydrogens (tertiary/aromatic N) is 1. The summed E-state index contributed by atoms with van der Waals surface area (Å²) in [7, 11) is 0. The van der Waals surface area contributed by atoms with Crippen molar-refractivity contribution in [2.45, 2.75) is 41.5 Å². The Morgan fingerprint density at radius 1 is 0.450 bits per heavy atom. The molecule has 0 N–H and O–H groups in total. The van der Waals surface area contributed by atoms with Gasteiger partial charge in [0.05, 0.1) is 0 Å². The van der Waals surface area contributed by atoms with Crippen LogP contribution in [-0.4, -0.2) is 4.98 Å². The summed E-state index contributed by atoms with van der Waals surface area (Å²) in [5.41, 5.74) is 0. The number of benzene rings is 1. The number of rotatable bonds is 0. The fourth-order valence-electron chi connectivity index (χ4n) is 0.698. The molecular formula is C19H31N. The summed E-state index contributed by atoms with van der Waals surface area (Å²) in [4.78, 5) is 3.78. The molecule has 0 bridgehead atoms. The van der Waals surface area contributed by atoms with E-state index in [0.29, 0.717) is 0 Å². The van der Waals surface area contributed by atoms with Crippen LogP contribution in [0.5, 0.6) is 0 Å². The van der Waals surface area contributed by atoms with Crippen LogP contribution < -0.4 is 0 Å². The zero-order valence-electron chi connectivity index (χ0n) is 14.0. The van der Waals surface area contributed by atoms with Gasteiger partial charge in [-0.25, -0.2) is 0 Å². The molecule has 0 radical (unpaired) electrons. The highest BCUT2D eigenvalue weighted by molar-refractivity contribution is 4.99. The van der Waals surface area contributed by atoms with E-state index in [9.17, 15) is 0 Å². The first-order valence-corrected chi connectivity index (χ1v) is 7.31. The Labute approximate surface area is 126 Å². The van der Waals surface area contributed by atoms with Gasteiger partial charge in [-0.1, -0.05) is 84.0 Å². The van der Waals surface area contributed by atoms with Crippen molar-refractivity contribution in [1.29, 1.82) is 0 Å². The molecule has 2 rings (SSSR count). The Kier molecular flexibility index (Phi) is 18.0. The van der Waals surface area contributed by atoms with Crippen LogP contribution in [0, 0.1) is 11.8 Å². The Balaban J connectivity index is 0. The van der Waals surface area contributed by atoms with Crippen LogP contribution in [0.1, 0.15) is 41.5 Å². The van der Waals surface area contributed by atoms with E-state index in [1.54, 1.807) is 12.4 Å². The summed E-state index contributed by atoms with van der Waals surface area (Å²) < 4.78 is 0. The van der Waals surface area contributed by atoms with Gasteiger partial charge in [-0.2, -0.15) is 0 Å². The molecule has 1 heterocycles. The highest BCUT2D eigenvalue weighted by Gasteiger charge is 1.68. The van der Waals surface area contributed by atoms with Gasteiger partial charge in [0.2, 0.25) is 0 Å². The largest absolute Gasteiger partial charge is 0.265 e. The fraction of sp³-hybridized carbons (Fsp3) is 0.421. The predicted molar refractivity (Wildman–Crippen MR) is 91.7 cm³/mol. The van der Waals surface area contributed by atoms with Crippen LogP contribution in [-0.2, 0) is 0 Å². The van der Waals surface area contributed by atoms with Crippen molar-refractivity contribution in [2.24, 2.45) is 11.8 Å². The fourth-order valence-corrected chi connectivity index (χ4v) is 0.698. The van der Waals surface area contributed by atoms with E-state index in [-0.39, 0.29) is 0 Å². The van der Waals surface area contributed by atoms with Gasteiger partial charge in [-0.05, 0) is 24.0 Å². The average Bonchev–Trinajstić information content (AvgIpc) is 2.42. The van der Waals surface area contributed by atoms with Crippen molar-refractivity contribution in [3.63, 3.8) is 0 Å². The Morgan fingerprint density at radius 3 is 0.750 bits per heavy atom. The van der Waals surface area contributed by atoms with Gasteiger partial charge >= 0.3 is 0 Å². The third kappa shape index (κ3) is 36.0. The van der Waals surface area contributed by atoms with Crippen LogP contribution in [0.2, 0.25) is 0 Å².